The average Bonchev–Trinajstić information content (AvgIpc) is 3.10. The minimum atomic E-state index is 0. The zero-order valence-electron chi connectivity index (χ0n) is 15.9. The van der Waals surface area contributed by atoms with Gasteiger partial charge in [0, 0.05) is 39.8 Å². The fourth-order valence-corrected chi connectivity index (χ4v) is 3.05. The summed E-state index contributed by atoms with van der Waals surface area (Å²) in [5.74, 6) is 1.78. The van der Waals surface area contributed by atoms with Crippen LogP contribution in [0, 0.1) is 0 Å². The quantitative estimate of drug-likeness (QED) is 0.235. The van der Waals surface area contributed by atoms with Crippen LogP contribution in [0.3, 0.4) is 0 Å². The van der Waals surface area contributed by atoms with Gasteiger partial charge in [-0.2, -0.15) is 0 Å². The Labute approximate surface area is 174 Å². The van der Waals surface area contributed by atoms with Crippen LogP contribution in [0.2, 0.25) is 0 Å². The number of aliphatic imine (C=N–C) groups is 1. The van der Waals surface area contributed by atoms with E-state index >= 15 is 0 Å². The average molecular weight is 476 g/mol. The summed E-state index contributed by atoms with van der Waals surface area (Å²) in [5.41, 5.74) is 0. The fraction of sp³-hybridized carbons (Fsp3) is 0.632. The van der Waals surface area contributed by atoms with Crippen LogP contribution >= 0.6 is 24.0 Å². The molecule has 0 aromatic heterocycles. The molecule has 1 unspecified atom stereocenters. The van der Waals surface area contributed by atoms with Crippen LogP contribution in [0.5, 0.6) is 5.75 Å². The highest BCUT2D eigenvalue weighted by atomic mass is 127. The van der Waals surface area contributed by atoms with Crippen molar-refractivity contribution in [3.63, 3.8) is 0 Å². The largest absolute Gasteiger partial charge is 0.494 e. The molecule has 7 heteroatoms. The van der Waals surface area contributed by atoms with E-state index < -0.39 is 0 Å². The smallest absolute Gasteiger partial charge is 0.191 e. The van der Waals surface area contributed by atoms with Gasteiger partial charge in [-0.3, -0.25) is 9.89 Å². The fourth-order valence-electron chi connectivity index (χ4n) is 3.05. The van der Waals surface area contributed by atoms with Gasteiger partial charge in [-0.15, -0.1) is 24.0 Å². The Morgan fingerprint density at radius 3 is 2.77 bits per heavy atom. The number of ether oxygens (including phenoxy) is 2. The van der Waals surface area contributed by atoms with Gasteiger partial charge in [-0.1, -0.05) is 18.2 Å². The summed E-state index contributed by atoms with van der Waals surface area (Å²) in [6.45, 7) is 5.42. The SMILES string of the molecule is CN=C(NCCCOc1ccccc1)NCC1CCCN1CCOC.I. The molecule has 1 heterocycles. The lowest BCUT2D eigenvalue weighted by atomic mass is 10.2. The van der Waals surface area contributed by atoms with Crippen LogP contribution in [0.15, 0.2) is 35.3 Å². The minimum absolute atomic E-state index is 0. The van der Waals surface area contributed by atoms with Crippen LogP contribution < -0.4 is 15.4 Å². The standard InChI is InChI=1S/C19H32N4O2.HI/c1-20-19(21-11-7-14-25-18-9-4-3-5-10-18)22-16-17-8-6-12-23(17)13-15-24-2;/h3-5,9-10,17H,6-8,11-16H2,1-2H3,(H2,20,21,22);1H. The molecule has 0 saturated carbocycles. The molecule has 1 fully saturated rings. The summed E-state index contributed by atoms with van der Waals surface area (Å²) < 4.78 is 10.9. The number of benzene rings is 1. The number of nitrogens with zero attached hydrogens (tertiary/aromatic N) is 2. The number of rotatable bonds is 10. The maximum absolute atomic E-state index is 5.70. The predicted molar refractivity (Wildman–Crippen MR) is 118 cm³/mol. The number of para-hydroxylation sites is 1. The predicted octanol–water partition coefficient (Wildman–Crippen LogP) is 2.35. The number of methoxy groups -OCH3 is 1. The van der Waals surface area contributed by atoms with Crippen molar-refractivity contribution in [2.24, 2.45) is 4.99 Å². The summed E-state index contributed by atoms with van der Waals surface area (Å²) in [4.78, 5) is 6.80. The number of hydrogen-bond acceptors (Lipinski definition) is 4. The van der Waals surface area contributed by atoms with Gasteiger partial charge in [0.1, 0.15) is 5.75 Å². The Morgan fingerprint density at radius 1 is 1.23 bits per heavy atom. The van der Waals surface area contributed by atoms with E-state index in [1.165, 1.54) is 19.4 Å². The lowest BCUT2D eigenvalue weighted by Gasteiger charge is -2.25. The number of halogens is 1. The molecule has 6 nitrogen and oxygen atoms in total. The van der Waals surface area contributed by atoms with Gasteiger partial charge in [0.2, 0.25) is 0 Å². The molecule has 148 valence electrons. The van der Waals surface area contributed by atoms with E-state index in [0.717, 1.165) is 44.4 Å². The Morgan fingerprint density at radius 2 is 2.04 bits per heavy atom. The van der Waals surface area contributed by atoms with Crippen molar-refractivity contribution in [3.8, 4) is 5.75 Å². The van der Waals surface area contributed by atoms with Gasteiger partial charge in [0.15, 0.2) is 5.96 Å². The highest BCUT2D eigenvalue weighted by Crippen LogP contribution is 2.15. The first-order chi connectivity index (χ1) is 12.3. The van der Waals surface area contributed by atoms with Crippen LogP contribution in [0.25, 0.3) is 0 Å². The van der Waals surface area contributed by atoms with E-state index in [1.54, 1.807) is 7.11 Å². The molecule has 1 aliphatic heterocycles. The highest BCUT2D eigenvalue weighted by molar-refractivity contribution is 14.0. The summed E-state index contributed by atoms with van der Waals surface area (Å²) >= 11 is 0. The third kappa shape index (κ3) is 8.55. The molecule has 2 N–H and O–H groups in total. The number of likely N-dealkylation sites (tertiary alicyclic amines) is 1. The first kappa shape index (κ1) is 23.0. The third-order valence-corrected chi connectivity index (χ3v) is 4.44. The summed E-state index contributed by atoms with van der Waals surface area (Å²) in [7, 11) is 3.57. The lowest BCUT2D eigenvalue weighted by molar-refractivity contribution is 0.141. The van der Waals surface area contributed by atoms with Crippen molar-refractivity contribution in [3.05, 3.63) is 30.3 Å². The second-order valence-corrected chi connectivity index (χ2v) is 6.22. The molecule has 0 radical (unpaired) electrons. The van der Waals surface area contributed by atoms with E-state index in [1.807, 2.05) is 37.4 Å². The van der Waals surface area contributed by atoms with Gasteiger partial charge >= 0.3 is 0 Å². The summed E-state index contributed by atoms with van der Waals surface area (Å²) in [6.07, 6.45) is 3.43. The van der Waals surface area contributed by atoms with Crippen LogP contribution in [0.4, 0.5) is 0 Å². The molecule has 0 spiro atoms. The summed E-state index contributed by atoms with van der Waals surface area (Å²) in [6, 6.07) is 10.5. The summed E-state index contributed by atoms with van der Waals surface area (Å²) in [5, 5.41) is 6.80. The lowest BCUT2D eigenvalue weighted by Crippen LogP contribution is -2.45. The topological polar surface area (TPSA) is 58.1 Å². The molecular formula is C19H33IN4O2. The van der Waals surface area contributed by atoms with E-state index in [0.29, 0.717) is 12.6 Å². The van der Waals surface area contributed by atoms with E-state index in [2.05, 4.69) is 20.5 Å². The third-order valence-electron chi connectivity index (χ3n) is 4.44. The van der Waals surface area contributed by atoms with Gasteiger partial charge in [-0.05, 0) is 37.9 Å². The zero-order valence-corrected chi connectivity index (χ0v) is 18.3. The molecular weight excluding hydrogens is 443 g/mol. The number of guanidine groups is 1. The van der Waals surface area contributed by atoms with E-state index in [4.69, 9.17) is 9.47 Å². The molecule has 1 aromatic carbocycles. The molecule has 2 rings (SSSR count). The van der Waals surface area contributed by atoms with Crippen molar-refractivity contribution in [1.29, 1.82) is 0 Å². The van der Waals surface area contributed by atoms with Crippen molar-refractivity contribution < 1.29 is 9.47 Å². The monoisotopic (exact) mass is 476 g/mol. The second-order valence-electron chi connectivity index (χ2n) is 6.22. The molecule has 1 aromatic rings. The number of nitrogens with one attached hydrogen (secondary N) is 2. The highest BCUT2D eigenvalue weighted by Gasteiger charge is 2.23. The second kappa shape index (κ2) is 14.1. The molecule has 0 aliphatic carbocycles. The van der Waals surface area contributed by atoms with Gasteiger partial charge in [-0.25, -0.2) is 0 Å². The Bertz CT molecular complexity index is 502. The maximum Gasteiger partial charge on any atom is 0.191 e. The molecule has 1 aliphatic rings. The Hall–Kier alpha value is -1.06. The maximum atomic E-state index is 5.70. The van der Waals surface area contributed by atoms with Crippen LogP contribution in [0.1, 0.15) is 19.3 Å². The van der Waals surface area contributed by atoms with Gasteiger partial charge in [0.05, 0.1) is 13.2 Å². The first-order valence-corrected chi connectivity index (χ1v) is 9.19. The minimum Gasteiger partial charge on any atom is -0.494 e. The first-order valence-electron chi connectivity index (χ1n) is 9.19. The van der Waals surface area contributed by atoms with Crippen LogP contribution in [-0.4, -0.2) is 70.5 Å². The molecule has 0 bridgehead atoms. The zero-order chi connectivity index (χ0) is 17.7. The van der Waals surface area contributed by atoms with Crippen molar-refractivity contribution in [2.45, 2.75) is 25.3 Å². The normalized spacial score (nSPS) is 17.6. The van der Waals surface area contributed by atoms with E-state index in [-0.39, 0.29) is 24.0 Å². The molecule has 1 saturated heterocycles. The van der Waals surface area contributed by atoms with Gasteiger partial charge < -0.3 is 20.1 Å². The van der Waals surface area contributed by atoms with Crippen molar-refractivity contribution in [1.82, 2.24) is 15.5 Å². The number of hydrogen-bond donors (Lipinski definition) is 2. The molecule has 0 amide bonds. The molecule has 1 atom stereocenters. The van der Waals surface area contributed by atoms with E-state index in [9.17, 15) is 0 Å². The Balaban J connectivity index is 0.00000338. The molecule has 26 heavy (non-hydrogen) atoms. The van der Waals surface area contributed by atoms with Gasteiger partial charge in [0.25, 0.3) is 0 Å². The van der Waals surface area contributed by atoms with Crippen molar-refractivity contribution >= 4 is 29.9 Å². The Kier molecular flexibility index (Phi) is 12.4. The van der Waals surface area contributed by atoms with Crippen LogP contribution in [-0.2, 0) is 4.74 Å². The van der Waals surface area contributed by atoms with Crippen molar-refractivity contribution in [2.75, 3.05) is 53.6 Å².